The Kier molecular flexibility index (Phi) is 10.9. The van der Waals surface area contributed by atoms with Crippen molar-refractivity contribution < 1.29 is 0 Å². The summed E-state index contributed by atoms with van der Waals surface area (Å²) in [5.41, 5.74) is 4.72. The molecule has 0 aromatic heterocycles. The van der Waals surface area contributed by atoms with Crippen molar-refractivity contribution in [3.05, 3.63) is 0 Å². The Bertz CT molecular complexity index is 456. The monoisotopic (exact) mass is 493 g/mol. The molecule has 0 heterocycles. The summed E-state index contributed by atoms with van der Waals surface area (Å²) in [7, 11) is 0.340. The summed E-state index contributed by atoms with van der Waals surface area (Å²) in [6.07, 6.45) is 33.8. The number of rotatable bonds is 8. The third-order valence-electron chi connectivity index (χ3n) is 9.79. The van der Waals surface area contributed by atoms with Gasteiger partial charge in [-0.05, 0) is 94.8 Å². The quantitative estimate of drug-likeness (QED) is 0.304. The van der Waals surface area contributed by atoms with Crippen molar-refractivity contribution >= 4 is 15.8 Å². The zero-order chi connectivity index (χ0) is 23.1. The van der Waals surface area contributed by atoms with Gasteiger partial charge in [0.1, 0.15) is 0 Å². The molecule has 0 aromatic carbocycles. The molecule has 0 radical (unpaired) electrons. The second-order valence-electron chi connectivity index (χ2n) is 13.2. The van der Waals surface area contributed by atoms with Gasteiger partial charge in [0.05, 0.1) is 0 Å². The van der Waals surface area contributed by atoms with Gasteiger partial charge in [-0.3, -0.25) is 4.90 Å². The van der Waals surface area contributed by atoms with E-state index in [4.69, 9.17) is 0 Å². The third kappa shape index (κ3) is 7.90. The summed E-state index contributed by atoms with van der Waals surface area (Å²) in [6, 6.07) is 0. The molecule has 192 valence electrons. The van der Waals surface area contributed by atoms with Gasteiger partial charge in [0.2, 0.25) is 0 Å². The Hall–Kier alpha value is 0.820. The highest BCUT2D eigenvalue weighted by atomic mass is 31.1. The normalized spacial score (nSPS) is 26.0. The Morgan fingerprint density at radius 2 is 0.697 bits per heavy atom. The Morgan fingerprint density at radius 3 is 0.909 bits per heavy atom. The van der Waals surface area contributed by atoms with Crippen molar-refractivity contribution in [2.75, 3.05) is 12.6 Å². The molecule has 3 heteroatoms. The predicted octanol–water partition coefficient (Wildman–Crippen LogP) is 10.3. The van der Waals surface area contributed by atoms with Crippen LogP contribution in [-0.4, -0.2) is 45.6 Å². The molecule has 0 aliphatic heterocycles. The van der Waals surface area contributed by atoms with Crippen LogP contribution in [0, 0.1) is 0 Å². The van der Waals surface area contributed by atoms with E-state index in [0.29, 0.717) is 5.54 Å². The zero-order valence-corrected chi connectivity index (χ0v) is 24.5. The molecule has 4 aliphatic rings. The van der Waals surface area contributed by atoms with Gasteiger partial charge in [-0.25, -0.2) is 0 Å². The molecule has 4 aliphatic carbocycles. The number of hydrogen-bond donors (Lipinski definition) is 0. The first-order chi connectivity index (χ1) is 16.0. The number of hydrogen-bond acceptors (Lipinski definition) is 1. The van der Waals surface area contributed by atoms with E-state index in [1.807, 2.05) is 0 Å². The summed E-state index contributed by atoms with van der Waals surface area (Å²) in [6.45, 7) is 7.70. The average Bonchev–Trinajstić information content (AvgIpc) is 2.85. The van der Waals surface area contributed by atoms with Gasteiger partial charge in [0.25, 0.3) is 0 Å². The lowest BCUT2D eigenvalue weighted by Gasteiger charge is -2.48. The molecule has 0 aromatic rings. The van der Waals surface area contributed by atoms with Gasteiger partial charge < -0.3 is 0 Å². The molecule has 0 unspecified atom stereocenters. The summed E-state index contributed by atoms with van der Waals surface area (Å²) >= 11 is 0. The Labute approximate surface area is 210 Å². The molecule has 0 amide bonds. The van der Waals surface area contributed by atoms with E-state index in [1.54, 1.807) is 51.4 Å². The average molecular weight is 494 g/mol. The summed E-state index contributed by atoms with van der Waals surface area (Å²) in [4.78, 5) is 3.12. The molecule has 1 nitrogen and oxygen atoms in total. The van der Waals surface area contributed by atoms with Crippen LogP contribution in [0.4, 0.5) is 0 Å². The van der Waals surface area contributed by atoms with Crippen LogP contribution < -0.4 is 0 Å². The molecule has 0 N–H and O–H groups in total. The molecule has 0 spiro atoms. The lowest BCUT2D eigenvalue weighted by Crippen LogP contribution is -2.44. The fraction of sp³-hybridized carbons (Fsp3) is 1.00. The molecule has 0 bridgehead atoms. The Balaban J connectivity index is 1.52. The molecule has 4 rings (SSSR count). The molecule has 33 heavy (non-hydrogen) atoms. The molecule has 4 fully saturated rings. The van der Waals surface area contributed by atoms with Crippen molar-refractivity contribution in [1.82, 2.24) is 4.90 Å². The van der Waals surface area contributed by atoms with Crippen LogP contribution in [-0.2, 0) is 0 Å². The molecule has 4 saturated carbocycles. The standard InChI is InChI=1S/C30H57NP2/c1-30(2,3)31(24-32(26-16-8-4-9-17-26)27-18-10-5-11-19-27)25-33(28-20-12-6-13-21-28)29-22-14-7-15-23-29/h26-29H,4-25H2,1-3H3. The van der Waals surface area contributed by atoms with Crippen molar-refractivity contribution in [2.45, 2.75) is 177 Å². The highest BCUT2D eigenvalue weighted by Gasteiger charge is 2.38. The first-order valence-electron chi connectivity index (χ1n) is 15.3. The second kappa shape index (κ2) is 13.4. The lowest BCUT2D eigenvalue weighted by molar-refractivity contribution is 0.192. The van der Waals surface area contributed by atoms with Gasteiger partial charge in [-0.15, -0.1) is 0 Å². The van der Waals surface area contributed by atoms with Crippen molar-refractivity contribution in [2.24, 2.45) is 0 Å². The van der Waals surface area contributed by atoms with E-state index >= 15 is 0 Å². The maximum absolute atomic E-state index is 3.12. The summed E-state index contributed by atoms with van der Waals surface area (Å²) in [5, 5.41) is 0. The topological polar surface area (TPSA) is 3.24 Å². The smallest absolute Gasteiger partial charge is 0.0197 e. The van der Waals surface area contributed by atoms with Crippen LogP contribution in [0.25, 0.3) is 0 Å². The predicted molar refractivity (Wildman–Crippen MR) is 153 cm³/mol. The minimum absolute atomic E-state index is 0.170. The molecular formula is C30H57NP2. The fourth-order valence-electron chi connectivity index (χ4n) is 7.57. The zero-order valence-electron chi connectivity index (χ0n) is 22.7. The van der Waals surface area contributed by atoms with Crippen LogP contribution in [0.3, 0.4) is 0 Å². The van der Waals surface area contributed by atoms with Crippen LogP contribution in [0.15, 0.2) is 0 Å². The summed E-state index contributed by atoms with van der Waals surface area (Å²) < 4.78 is 0. The van der Waals surface area contributed by atoms with Crippen LogP contribution >= 0.6 is 15.8 Å². The van der Waals surface area contributed by atoms with Gasteiger partial charge in [0.15, 0.2) is 0 Å². The largest absolute Gasteiger partial charge is 0.290 e. The summed E-state index contributed by atoms with van der Waals surface area (Å²) in [5.74, 6) is 0. The van der Waals surface area contributed by atoms with E-state index in [0.717, 1.165) is 22.6 Å². The third-order valence-corrected chi connectivity index (χ3v) is 16.9. The van der Waals surface area contributed by atoms with E-state index in [2.05, 4.69) is 25.7 Å². The van der Waals surface area contributed by atoms with E-state index in [-0.39, 0.29) is 15.8 Å². The van der Waals surface area contributed by atoms with Crippen molar-refractivity contribution in [3.63, 3.8) is 0 Å². The van der Waals surface area contributed by atoms with Gasteiger partial charge in [-0.1, -0.05) is 92.9 Å². The van der Waals surface area contributed by atoms with E-state index in [1.165, 1.54) is 89.6 Å². The minimum Gasteiger partial charge on any atom is -0.290 e. The lowest BCUT2D eigenvalue weighted by atomic mass is 9.99. The first kappa shape index (κ1) is 26.9. The van der Waals surface area contributed by atoms with Crippen molar-refractivity contribution in [3.8, 4) is 0 Å². The van der Waals surface area contributed by atoms with Gasteiger partial charge in [-0.2, -0.15) is 0 Å². The van der Waals surface area contributed by atoms with Crippen LogP contribution in [0.5, 0.6) is 0 Å². The highest BCUT2D eigenvalue weighted by molar-refractivity contribution is 7.60. The maximum atomic E-state index is 3.12. The second-order valence-corrected chi connectivity index (χ2v) is 18.7. The van der Waals surface area contributed by atoms with Crippen LogP contribution in [0.2, 0.25) is 0 Å². The van der Waals surface area contributed by atoms with E-state index < -0.39 is 0 Å². The van der Waals surface area contributed by atoms with Crippen molar-refractivity contribution in [1.29, 1.82) is 0 Å². The van der Waals surface area contributed by atoms with Gasteiger partial charge >= 0.3 is 0 Å². The Morgan fingerprint density at radius 1 is 0.455 bits per heavy atom. The van der Waals surface area contributed by atoms with Gasteiger partial charge in [0, 0.05) is 18.1 Å². The first-order valence-corrected chi connectivity index (χ1v) is 18.6. The molecule has 0 atom stereocenters. The highest BCUT2D eigenvalue weighted by Crippen LogP contribution is 2.60. The maximum Gasteiger partial charge on any atom is 0.0197 e. The minimum atomic E-state index is 0.170. The fourth-order valence-corrected chi connectivity index (χ4v) is 15.8. The van der Waals surface area contributed by atoms with E-state index in [9.17, 15) is 0 Å². The number of nitrogens with zero attached hydrogens (tertiary/aromatic N) is 1. The SMILES string of the molecule is CC(C)(C)N(CP(C1CCCCC1)C1CCCCC1)CP(C1CCCCC1)C1CCCCC1. The molecule has 0 saturated heterocycles. The molecular weight excluding hydrogens is 436 g/mol. The van der Waals surface area contributed by atoms with Crippen LogP contribution in [0.1, 0.15) is 149 Å².